The Balaban J connectivity index is 0.000000537. The number of carboxylic acid groups (broad SMARTS) is 1. The molecule has 1 aliphatic rings. The van der Waals surface area contributed by atoms with E-state index in [1.807, 2.05) is 49.6 Å². The van der Waals surface area contributed by atoms with E-state index in [2.05, 4.69) is 30.4 Å². The van der Waals surface area contributed by atoms with Crippen LogP contribution in [0.3, 0.4) is 0 Å². The number of alkyl halides is 3. The SMILES string of the molecule is CCOC(=O)c1c(-c2cnn(C)c2)ccc2cnc(Nc3ccc(-n4cnc(N5CCOCC5)n4)cc3)nc12.O=C(O)C(F)(F)F. The van der Waals surface area contributed by atoms with Crippen LogP contribution in [0.4, 0.5) is 30.8 Å². The Morgan fingerprint density at radius 1 is 1.07 bits per heavy atom. The van der Waals surface area contributed by atoms with Crippen molar-refractivity contribution in [2.75, 3.05) is 43.1 Å². The Labute approximate surface area is 259 Å². The van der Waals surface area contributed by atoms with Crippen LogP contribution < -0.4 is 10.2 Å². The fraction of sp³-hybridized carbons (Fsp3) is 0.276. The summed E-state index contributed by atoms with van der Waals surface area (Å²) in [6.07, 6.45) is 1.88. The van der Waals surface area contributed by atoms with Gasteiger partial charge in [-0.05, 0) is 31.2 Å². The molecule has 0 radical (unpaired) electrons. The number of carbonyl (C=O) groups is 2. The fourth-order valence-corrected chi connectivity index (χ4v) is 4.48. The van der Waals surface area contributed by atoms with Crippen LogP contribution in [0.5, 0.6) is 0 Å². The monoisotopic (exact) mass is 639 g/mol. The number of hydrogen-bond acceptors (Lipinski definition) is 11. The molecule has 6 rings (SSSR count). The minimum atomic E-state index is -5.08. The van der Waals surface area contributed by atoms with E-state index in [1.165, 1.54) is 0 Å². The molecular formula is C29H28F3N9O5. The summed E-state index contributed by atoms with van der Waals surface area (Å²) in [7, 11) is 1.83. The van der Waals surface area contributed by atoms with Crippen LogP contribution in [-0.2, 0) is 21.3 Å². The summed E-state index contributed by atoms with van der Waals surface area (Å²) in [5.41, 5.74) is 4.04. The molecule has 17 heteroatoms. The molecule has 5 aromatic rings. The van der Waals surface area contributed by atoms with Crippen molar-refractivity contribution in [3.63, 3.8) is 0 Å². The zero-order chi connectivity index (χ0) is 32.8. The van der Waals surface area contributed by atoms with Gasteiger partial charge in [-0.3, -0.25) is 4.68 Å². The molecule has 0 aliphatic carbocycles. The lowest BCUT2D eigenvalue weighted by atomic mass is 9.99. The lowest BCUT2D eigenvalue weighted by molar-refractivity contribution is -0.192. The molecule has 0 atom stereocenters. The van der Waals surface area contributed by atoms with Crippen molar-refractivity contribution in [1.82, 2.24) is 34.5 Å². The number of benzene rings is 2. The predicted molar refractivity (Wildman–Crippen MR) is 159 cm³/mol. The maximum atomic E-state index is 13.1. The van der Waals surface area contributed by atoms with Crippen LogP contribution in [0.2, 0.25) is 0 Å². The zero-order valence-electron chi connectivity index (χ0n) is 24.6. The highest BCUT2D eigenvalue weighted by molar-refractivity contribution is 6.08. The van der Waals surface area contributed by atoms with Crippen molar-refractivity contribution in [3.05, 3.63) is 66.9 Å². The zero-order valence-corrected chi connectivity index (χ0v) is 24.6. The molecule has 1 aliphatic heterocycles. The number of aromatic nitrogens is 7. The number of ether oxygens (including phenoxy) is 2. The maximum Gasteiger partial charge on any atom is 0.490 e. The molecule has 0 unspecified atom stereocenters. The Morgan fingerprint density at radius 2 is 1.78 bits per heavy atom. The first kappa shape index (κ1) is 31.8. The summed E-state index contributed by atoms with van der Waals surface area (Å²) in [6, 6.07) is 11.5. The van der Waals surface area contributed by atoms with Gasteiger partial charge in [0.15, 0.2) is 0 Å². The Morgan fingerprint density at radius 3 is 2.41 bits per heavy atom. The molecule has 240 valence electrons. The number of hydrogen-bond donors (Lipinski definition) is 2. The summed E-state index contributed by atoms with van der Waals surface area (Å²) >= 11 is 0. The van der Waals surface area contributed by atoms with Gasteiger partial charge in [0.25, 0.3) is 0 Å². The first-order valence-corrected chi connectivity index (χ1v) is 13.9. The maximum absolute atomic E-state index is 13.1. The molecule has 3 aromatic heterocycles. The van der Waals surface area contributed by atoms with Crippen LogP contribution in [0.15, 0.2) is 61.3 Å². The van der Waals surface area contributed by atoms with Crippen LogP contribution >= 0.6 is 0 Å². The third-order valence-electron chi connectivity index (χ3n) is 6.65. The van der Waals surface area contributed by atoms with E-state index in [4.69, 9.17) is 24.4 Å². The standard InChI is InChI=1S/C27H27N9O3.C2HF3O2/c1-3-39-25(37)23-22(19-15-30-34(2)16-19)9-4-18-14-28-26(32-24(18)23)31-20-5-7-21(8-6-20)36-17-29-27(33-36)35-10-12-38-13-11-35;3-2(4,5)1(6)7/h4-9,14-17H,3,10-13H2,1-2H3,(H,28,31,32);(H,6,7). The van der Waals surface area contributed by atoms with Gasteiger partial charge in [0.2, 0.25) is 11.9 Å². The number of anilines is 3. The number of halogens is 3. The summed E-state index contributed by atoms with van der Waals surface area (Å²) in [6.45, 7) is 4.95. The number of esters is 1. The van der Waals surface area contributed by atoms with Crippen LogP contribution in [0.25, 0.3) is 27.7 Å². The molecule has 46 heavy (non-hydrogen) atoms. The smallest absolute Gasteiger partial charge is 0.475 e. The normalized spacial score (nSPS) is 13.2. The topological polar surface area (TPSA) is 162 Å². The molecule has 1 saturated heterocycles. The third kappa shape index (κ3) is 7.37. The van der Waals surface area contributed by atoms with Gasteiger partial charge < -0.3 is 24.8 Å². The van der Waals surface area contributed by atoms with E-state index in [9.17, 15) is 18.0 Å². The highest BCUT2D eigenvalue weighted by Crippen LogP contribution is 2.31. The average molecular weight is 640 g/mol. The minimum absolute atomic E-state index is 0.254. The van der Waals surface area contributed by atoms with Gasteiger partial charge >= 0.3 is 18.1 Å². The van der Waals surface area contributed by atoms with Crippen molar-refractivity contribution in [2.24, 2.45) is 7.05 Å². The number of nitrogens with zero attached hydrogens (tertiary/aromatic N) is 8. The number of fused-ring (bicyclic) bond motifs is 1. The molecule has 1 fully saturated rings. The minimum Gasteiger partial charge on any atom is -0.475 e. The first-order chi connectivity index (χ1) is 22.0. The van der Waals surface area contributed by atoms with E-state index in [0.29, 0.717) is 41.8 Å². The Bertz CT molecular complexity index is 1830. The summed E-state index contributed by atoms with van der Waals surface area (Å²) in [5.74, 6) is -2.15. The number of nitrogens with one attached hydrogen (secondary N) is 1. The molecule has 4 heterocycles. The highest BCUT2D eigenvalue weighted by Gasteiger charge is 2.38. The van der Waals surface area contributed by atoms with Crippen molar-refractivity contribution < 1.29 is 37.3 Å². The van der Waals surface area contributed by atoms with E-state index >= 15 is 0 Å². The quantitative estimate of drug-likeness (QED) is 0.247. The first-order valence-electron chi connectivity index (χ1n) is 13.9. The second-order valence-electron chi connectivity index (χ2n) is 9.81. The van der Waals surface area contributed by atoms with Gasteiger partial charge in [0.1, 0.15) is 6.33 Å². The van der Waals surface area contributed by atoms with Crippen molar-refractivity contribution in [2.45, 2.75) is 13.1 Å². The largest absolute Gasteiger partial charge is 0.490 e. The number of morpholine rings is 1. The molecule has 0 spiro atoms. The van der Waals surface area contributed by atoms with E-state index in [0.717, 1.165) is 35.4 Å². The number of carbonyl (C=O) groups excluding carboxylic acids is 1. The summed E-state index contributed by atoms with van der Waals surface area (Å²) in [4.78, 5) is 37.7. The molecule has 14 nitrogen and oxygen atoms in total. The molecule has 0 bridgehead atoms. The number of aryl methyl sites for hydroxylation is 1. The van der Waals surface area contributed by atoms with E-state index in [1.54, 1.807) is 35.0 Å². The highest BCUT2D eigenvalue weighted by atomic mass is 19.4. The molecule has 2 aromatic carbocycles. The Kier molecular flexibility index (Phi) is 9.41. The second-order valence-corrected chi connectivity index (χ2v) is 9.81. The van der Waals surface area contributed by atoms with Crippen molar-refractivity contribution >= 4 is 40.4 Å². The third-order valence-corrected chi connectivity index (χ3v) is 6.65. The van der Waals surface area contributed by atoms with Crippen LogP contribution in [-0.4, -0.2) is 90.6 Å². The number of carboxylic acids is 1. The van der Waals surface area contributed by atoms with Gasteiger partial charge in [0.05, 0.1) is 42.8 Å². The average Bonchev–Trinajstić information content (AvgIpc) is 3.71. The number of rotatable bonds is 7. The van der Waals surface area contributed by atoms with Crippen LogP contribution in [0, 0.1) is 0 Å². The Hall–Kier alpha value is -5.58. The van der Waals surface area contributed by atoms with Gasteiger partial charge in [-0.2, -0.15) is 23.3 Å². The summed E-state index contributed by atoms with van der Waals surface area (Å²) in [5, 5.41) is 19.9. The van der Waals surface area contributed by atoms with Gasteiger partial charge in [-0.25, -0.2) is 24.2 Å². The predicted octanol–water partition coefficient (Wildman–Crippen LogP) is 4.00. The lowest BCUT2D eigenvalue weighted by Gasteiger charge is -2.25. The van der Waals surface area contributed by atoms with Crippen molar-refractivity contribution in [1.29, 1.82) is 0 Å². The summed E-state index contributed by atoms with van der Waals surface area (Å²) < 4.78 is 46.0. The van der Waals surface area contributed by atoms with Gasteiger partial charge in [-0.15, -0.1) is 5.10 Å². The fourth-order valence-electron chi connectivity index (χ4n) is 4.48. The lowest BCUT2D eigenvalue weighted by Crippen LogP contribution is -2.37. The van der Waals surface area contributed by atoms with Crippen LogP contribution in [0.1, 0.15) is 17.3 Å². The molecule has 2 N–H and O–H groups in total. The molecular weight excluding hydrogens is 611 g/mol. The van der Waals surface area contributed by atoms with E-state index < -0.39 is 18.1 Å². The number of aliphatic carboxylic acids is 1. The molecule has 0 saturated carbocycles. The van der Waals surface area contributed by atoms with Gasteiger partial charge in [-0.1, -0.05) is 12.1 Å². The second kappa shape index (κ2) is 13.6. The van der Waals surface area contributed by atoms with E-state index in [-0.39, 0.29) is 6.61 Å². The van der Waals surface area contributed by atoms with Crippen molar-refractivity contribution in [3.8, 4) is 16.8 Å². The molecule has 0 amide bonds. The van der Waals surface area contributed by atoms with Gasteiger partial charge in [0, 0.05) is 54.7 Å².